The maximum atomic E-state index is 12.4. The van der Waals surface area contributed by atoms with Crippen molar-refractivity contribution in [2.75, 3.05) is 27.2 Å². The summed E-state index contributed by atoms with van der Waals surface area (Å²) >= 11 is 0. The topological polar surface area (TPSA) is 71.3 Å². The lowest BCUT2D eigenvalue weighted by Gasteiger charge is -2.40. The van der Waals surface area contributed by atoms with E-state index in [0.29, 0.717) is 25.9 Å². The fourth-order valence-corrected chi connectivity index (χ4v) is 2.58. The Hall–Kier alpha value is -1.92. The van der Waals surface area contributed by atoms with Crippen molar-refractivity contribution < 1.29 is 9.59 Å². The van der Waals surface area contributed by atoms with Gasteiger partial charge in [-0.1, -0.05) is 5.21 Å². The zero-order valence-corrected chi connectivity index (χ0v) is 11.1. The first-order valence-corrected chi connectivity index (χ1v) is 6.41. The Morgan fingerprint density at radius 2 is 2.00 bits per heavy atom. The molecule has 1 aliphatic carbocycles. The van der Waals surface area contributed by atoms with Crippen LogP contribution >= 0.6 is 0 Å². The molecule has 3 rings (SSSR count). The number of nitrogens with zero attached hydrogens (tertiary/aromatic N) is 5. The van der Waals surface area contributed by atoms with Crippen molar-refractivity contribution in [1.29, 1.82) is 0 Å². The van der Waals surface area contributed by atoms with Crippen LogP contribution in [0.5, 0.6) is 0 Å². The molecule has 19 heavy (non-hydrogen) atoms. The molecule has 1 saturated carbocycles. The number of amides is 2. The summed E-state index contributed by atoms with van der Waals surface area (Å²) in [5, 5.41) is 7.68. The quantitative estimate of drug-likeness (QED) is 0.691. The van der Waals surface area contributed by atoms with E-state index in [1.165, 1.54) is 4.90 Å². The molecule has 0 spiro atoms. The summed E-state index contributed by atoms with van der Waals surface area (Å²) in [5.74, 6) is -0.0933. The summed E-state index contributed by atoms with van der Waals surface area (Å²) in [4.78, 5) is 27.7. The highest BCUT2D eigenvalue weighted by atomic mass is 16.2. The molecule has 1 aromatic heterocycles. The lowest BCUT2D eigenvalue weighted by atomic mass is 9.99. The molecule has 0 aromatic carbocycles. The third kappa shape index (κ3) is 1.80. The van der Waals surface area contributed by atoms with Crippen molar-refractivity contribution in [1.82, 2.24) is 24.8 Å². The lowest BCUT2D eigenvalue weighted by Crippen LogP contribution is -2.55. The minimum atomic E-state index is -0.767. The van der Waals surface area contributed by atoms with Crippen molar-refractivity contribution in [3.8, 4) is 0 Å². The van der Waals surface area contributed by atoms with Crippen molar-refractivity contribution in [2.24, 2.45) is 5.41 Å². The van der Waals surface area contributed by atoms with Crippen molar-refractivity contribution in [2.45, 2.75) is 18.9 Å². The van der Waals surface area contributed by atoms with Crippen LogP contribution < -0.4 is 0 Å². The molecule has 102 valence electrons. The molecular weight excluding hydrogens is 246 g/mol. The second-order valence-corrected chi connectivity index (χ2v) is 5.53. The second kappa shape index (κ2) is 4.04. The van der Waals surface area contributed by atoms with Crippen LogP contribution in [0.4, 0.5) is 0 Å². The van der Waals surface area contributed by atoms with Crippen molar-refractivity contribution >= 4 is 11.8 Å². The van der Waals surface area contributed by atoms with Gasteiger partial charge in [-0.05, 0) is 12.8 Å². The zero-order chi connectivity index (χ0) is 13.6. The van der Waals surface area contributed by atoms with Gasteiger partial charge in [-0.3, -0.25) is 9.59 Å². The number of aromatic nitrogens is 3. The van der Waals surface area contributed by atoms with Gasteiger partial charge >= 0.3 is 0 Å². The molecule has 0 bridgehead atoms. The number of carbonyl (C=O) groups excluding carboxylic acids is 2. The summed E-state index contributed by atoms with van der Waals surface area (Å²) in [6.45, 7) is 1.23. The van der Waals surface area contributed by atoms with E-state index in [9.17, 15) is 9.59 Å². The highest BCUT2D eigenvalue weighted by Crippen LogP contribution is 2.49. The first kappa shape index (κ1) is 12.1. The molecule has 2 heterocycles. The Morgan fingerprint density at radius 3 is 2.47 bits per heavy atom. The number of hydrogen-bond acceptors (Lipinski definition) is 4. The average molecular weight is 263 g/mol. The first-order chi connectivity index (χ1) is 9.04. The van der Waals surface area contributed by atoms with Crippen LogP contribution in [0.25, 0.3) is 0 Å². The van der Waals surface area contributed by atoms with Crippen LogP contribution in [-0.2, 0) is 9.59 Å². The van der Waals surface area contributed by atoms with Crippen molar-refractivity contribution in [3.63, 3.8) is 0 Å². The van der Waals surface area contributed by atoms with Gasteiger partial charge in [0, 0.05) is 33.4 Å². The third-order valence-electron chi connectivity index (χ3n) is 3.94. The van der Waals surface area contributed by atoms with Gasteiger partial charge < -0.3 is 9.80 Å². The Kier molecular flexibility index (Phi) is 2.58. The van der Waals surface area contributed by atoms with Gasteiger partial charge in [-0.2, -0.15) is 0 Å². The predicted molar refractivity (Wildman–Crippen MR) is 66.0 cm³/mol. The molecular formula is C12H17N5O2. The van der Waals surface area contributed by atoms with Crippen LogP contribution in [-0.4, -0.2) is 63.8 Å². The Bertz CT molecular complexity index is 500. The molecule has 0 radical (unpaired) electrons. The molecule has 2 amide bonds. The van der Waals surface area contributed by atoms with E-state index < -0.39 is 5.41 Å². The number of rotatable bonds is 3. The van der Waals surface area contributed by atoms with E-state index in [2.05, 4.69) is 10.3 Å². The standard InChI is InChI=1S/C12H17N5O2/c1-15(2)10(18)12(3-4-12)11(19)16-7-9(8-16)17-6-5-13-14-17/h5-6,9H,3-4,7-8H2,1-2H3. The molecule has 1 aromatic rings. The maximum Gasteiger partial charge on any atom is 0.238 e. The van der Waals surface area contributed by atoms with Gasteiger partial charge in [0.15, 0.2) is 0 Å². The van der Waals surface area contributed by atoms with Gasteiger partial charge in [0.1, 0.15) is 5.41 Å². The largest absolute Gasteiger partial charge is 0.348 e. The molecule has 2 fully saturated rings. The summed E-state index contributed by atoms with van der Waals surface area (Å²) in [7, 11) is 3.40. The van der Waals surface area contributed by atoms with E-state index in [4.69, 9.17) is 0 Å². The van der Waals surface area contributed by atoms with Gasteiger partial charge in [0.05, 0.1) is 12.2 Å². The molecule has 1 aliphatic heterocycles. The molecule has 1 saturated heterocycles. The van der Waals surface area contributed by atoms with E-state index in [1.54, 1.807) is 36.1 Å². The molecule has 7 heteroatoms. The van der Waals surface area contributed by atoms with Crippen LogP contribution in [0.15, 0.2) is 12.4 Å². The summed E-state index contributed by atoms with van der Waals surface area (Å²) in [6.07, 6.45) is 4.77. The molecule has 2 aliphatic rings. The Balaban J connectivity index is 1.63. The van der Waals surface area contributed by atoms with Crippen LogP contribution in [0.3, 0.4) is 0 Å². The van der Waals surface area contributed by atoms with Gasteiger partial charge in [-0.25, -0.2) is 4.68 Å². The predicted octanol–water partition coefficient (Wildman–Crippen LogP) is -0.470. The monoisotopic (exact) mass is 263 g/mol. The average Bonchev–Trinajstić information content (AvgIpc) is 2.97. The highest BCUT2D eigenvalue weighted by molar-refractivity contribution is 6.07. The fraction of sp³-hybridized carbons (Fsp3) is 0.667. The van der Waals surface area contributed by atoms with Crippen LogP contribution in [0.1, 0.15) is 18.9 Å². The maximum absolute atomic E-state index is 12.4. The third-order valence-corrected chi connectivity index (χ3v) is 3.94. The van der Waals surface area contributed by atoms with E-state index in [-0.39, 0.29) is 17.9 Å². The minimum absolute atomic E-state index is 0.0254. The zero-order valence-electron chi connectivity index (χ0n) is 11.1. The lowest BCUT2D eigenvalue weighted by molar-refractivity contribution is -0.152. The van der Waals surface area contributed by atoms with Gasteiger partial charge in [0.25, 0.3) is 0 Å². The molecule has 0 N–H and O–H groups in total. The summed E-state index contributed by atoms with van der Waals surface area (Å²) in [5.41, 5.74) is -0.767. The molecule has 0 atom stereocenters. The molecule has 0 unspecified atom stereocenters. The normalized spacial score (nSPS) is 20.8. The van der Waals surface area contributed by atoms with E-state index in [0.717, 1.165) is 0 Å². The van der Waals surface area contributed by atoms with Gasteiger partial charge in [-0.15, -0.1) is 5.10 Å². The van der Waals surface area contributed by atoms with Crippen molar-refractivity contribution in [3.05, 3.63) is 12.4 Å². The molecule has 7 nitrogen and oxygen atoms in total. The SMILES string of the molecule is CN(C)C(=O)C1(C(=O)N2CC(n3ccnn3)C2)CC1. The minimum Gasteiger partial charge on any atom is -0.348 e. The first-order valence-electron chi connectivity index (χ1n) is 6.41. The smallest absolute Gasteiger partial charge is 0.238 e. The number of carbonyl (C=O) groups is 2. The Morgan fingerprint density at radius 1 is 1.32 bits per heavy atom. The van der Waals surface area contributed by atoms with E-state index in [1.807, 2.05) is 0 Å². The van der Waals surface area contributed by atoms with Crippen LogP contribution in [0, 0.1) is 5.41 Å². The fourth-order valence-electron chi connectivity index (χ4n) is 2.58. The Labute approximate surface area is 111 Å². The van der Waals surface area contributed by atoms with E-state index >= 15 is 0 Å². The second-order valence-electron chi connectivity index (χ2n) is 5.53. The summed E-state index contributed by atoms with van der Waals surface area (Å²) in [6, 6.07) is 0.191. The highest BCUT2D eigenvalue weighted by Gasteiger charge is 2.59. The number of likely N-dealkylation sites (tertiary alicyclic amines) is 1. The summed E-state index contributed by atoms with van der Waals surface area (Å²) < 4.78 is 1.76. The van der Waals surface area contributed by atoms with Gasteiger partial charge in [0.2, 0.25) is 11.8 Å². The van der Waals surface area contributed by atoms with Crippen LogP contribution in [0.2, 0.25) is 0 Å². The number of hydrogen-bond donors (Lipinski definition) is 0.